The Kier molecular flexibility index (Phi) is 3.86. The van der Waals surface area contributed by atoms with Crippen LogP contribution in [0.15, 0.2) is 29.2 Å². The molecule has 0 saturated heterocycles. The topological polar surface area (TPSA) is 34.1 Å². The molecule has 0 atom stereocenters. The monoisotopic (exact) mass is 266 g/mol. The molecule has 0 aromatic heterocycles. The van der Waals surface area contributed by atoms with Crippen LogP contribution in [-0.4, -0.2) is 13.9 Å². The minimum Gasteiger partial charge on any atom is -0.214 e. The van der Waals surface area contributed by atoms with Crippen molar-refractivity contribution in [1.82, 2.24) is 0 Å². The lowest BCUT2D eigenvalue weighted by atomic mass is 10.0. The number of hydrogen-bond acceptors (Lipinski definition) is 2. The molecule has 1 aromatic carbocycles. The Morgan fingerprint density at radius 3 is 2.18 bits per heavy atom. The number of benzene rings is 1. The molecular weight excluding hydrogens is 253 g/mol. The number of rotatable bonds is 3. The SMILES string of the molecule is CC(C)Cc1ccccc1S(=O)(=O)C(F)(F)F. The summed E-state index contributed by atoms with van der Waals surface area (Å²) in [5.74, 6) is 0.0829. The van der Waals surface area contributed by atoms with Crippen molar-refractivity contribution in [2.24, 2.45) is 5.92 Å². The van der Waals surface area contributed by atoms with E-state index in [1.807, 2.05) is 13.8 Å². The van der Waals surface area contributed by atoms with E-state index in [0.717, 1.165) is 6.07 Å². The van der Waals surface area contributed by atoms with Crippen LogP contribution in [0.2, 0.25) is 0 Å². The number of alkyl halides is 3. The predicted octanol–water partition coefficient (Wildman–Crippen LogP) is 3.18. The summed E-state index contributed by atoms with van der Waals surface area (Å²) in [7, 11) is -5.25. The fraction of sp³-hybridized carbons (Fsp3) is 0.455. The van der Waals surface area contributed by atoms with Crippen LogP contribution in [0, 0.1) is 5.92 Å². The average molecular weight is 266 g/mol. The van der Waals surface area contributed by atoms with E-state index < -0.39 is 20.2 Å². The molecule has 96 valence electrons. The van der Waals surface area contributed by atoms with Gasteiger partial charge in [-0.05, 0) is 24.0 Å². The minimum absolute atomic E-state index is 0.0829. The summed E-state index contributed by atoms with van der Waals surface area (Å²) in [6.07, 6.45) is 0.297. The lowest BCUT2D eigenvalue weighted by molar-refractivity contribution is -0.0436. The lowest BCUT2D eigenvalue weighted by Gasteiger charge is -2.13. The molecule has 17 heavy (non-hydrogen) atoms. The molecule has 0 aliphatic heterocycles. The van der Waals surface area contributed by atoms with E-state index in [1.54, 1.807) is 0 Å². The zero-order valence-electron chi connectivity index (χ0n) is 9.45. The smallest absolute Gasteiger partial charge is 0.214 e. The highest BCUT2D eigenvalue weighted by Crippen LogP contribution is 2.32. The molecule has 0 aliphatic rings. The highest BCUT2D eigenvalue weighted by Gasteiger charge is 2.47. The summed E-state index contributed by atoms with van der Waals surface area (Å²) in [6, 6.07) is 5.24. The van der Waals surface area contributed by atoms with Crippen LogP contribution in [-0.2, 0) is 16.3 Å². The first-order valence-electron chi connectivity index (χ1n) is 5.05. The normalized spacial score (nSPS) is 13.1. The first-order valence-corrected chi connectivity index (χ1v) is 6.54. The average Bonchev–Trinajstić information content (AvgIpc) is 2.15. The highest BCUT2D eigenvalue weighted by molar-refractivity contribution is 7.92. The van der Waals surface area contributed by atoms with Crippen molar-refractivity contribution in [1.29, 1.82) is 0 Å². The van der Waals surface area contributed by atoms with E-state index in [0.29, 0.717) is 6.42 Å². The van der Waals surface area contributed by atoms with Crippen LogP contribution in [0.5, 0.6) is 0 Å². The van der Waals surface area contributed by atoms with Crippen LogP contribution < -0.4 is 0 Å². The van der Waals surface area contributed by atoms with Gasteiger partial charge in [0.25, 0.3) is 9.84 Å². The zero-order valence-corrected chi connectivity index (χ0v) is 10.3. The Bertz CT molecular complexity index is 490. The predicted molar refractivity (Wildman–Crippen MR) is 58.2 cm³/mol. The van der Waals surface area contributed by atoms with Gasteiger partial charge in [0.15, 0.2) is 0 Å². The third-order valence-electron chi connectivity index (χ3n) is 2.19. The van der Waals surface area contributed by atoms with Gasteiger partial charge in [-0.2, -0.15) is 13.2 Å². The Hall–Kier alpha value is -1.04. The van der Waals surface area contributed by atoms with E-state index in [2.05, 4.69) is 0 Å². The minimum atomic E-state index is -5.25. The van der Waals surface area contributed by atoms with Gasteiger partial charge in [-0.1, -0.05) is 32.0 Å². The maximum atomic E-state index is 12.4. The Balaban J connectivity index is 3.33. The van der Waals surface area contributed by atoms with Gasteiger partial charge >= 0.3 is 5.51 Å². The lowest BCUT2D eigenvalue weighted by Crippen LogP contribution is -2.24. The maximum Gasteiger partial charge on any atom is 0.501 e. The van der Waals surface area contributed by atoms with Crippen LogP contribution in [0.1, 0.15) is 19.4 Å². The molecule has 2 nitrogen and oxygen atoms in total. The van der Waals surface area contributed by atoms with Gasteiger partial charge in [-0.15, -0.1) is 0 Å². The van der Waals surface area contributed by atoms with Gasteiger partial charge in [0.2, 0.25) is 0 Å². The molecule has 0 N–H and O–H groups in total. The molecule has 1 aromatic rings. The highest BCUT2D eigenvalue weighted by atomic mass is 32.2. The molecule has 0 bridgehead atoms. The summed E-state index contributed by atoms with van der Waals surface area (Å²) >= 11 is 0. The molecule has 0 amide bonds. The first-order chi connectivity index (χ1) is 7.66. The van der Waals surface area contributed by atoms with Gasteiger partial charge < -0.3 is 0 Å². The van der Waals surface area contributed by atoms with Crippen molar-refractivity contribution in [3.05, 3.63) is 29.8 Å². The Labute approximate surface area is 98.4 Å². The van der Waals surface area contributed by atoms with E-state index in [9.17, 15) is 21.6 Å². The van der Waals surface area contributed by atoms with Gasteiger partial charge in [-0.25, -0.2) is 8.42 Å². The van der Waals surface area contributed by atoms with Gasteiger partial charge in [0.1, 0.15) is 0 Å². The second-order valence-electron chi connectivity index (χ2n) is 4.15. The Morgan fingerprint density at radius 1 is 1.18 bits per heavy atom. The number of sulfone groups is 1. The van der Waals surface area contributed by atoms with Gasteiger partial charge in [-0.3, -0.25) is 0 Å². The maximum absolute atomic E-state index is 12.4. The van der Waals surface area contributed by atoms with Crippen molar-refractivity contribution in [3.8, 4) is 0 Å². The van der Waals surface area contributed by atoms with E-state index in [4.69, 9.17) is 0 Å². The van der Waals surface area contributed by atoms with Gasteiger partial charge in [0.05, 0.1) is 4.90 Å². The number of hydrogen-bond donors (Lipinski definition) is 0. The molecule has 0 saturated carbocycles. The standard InChI is InChI=1S/C11H13F3O2S/c1-8(2)7-9-5-3-4-6-10(9)17(15,16)11(12,13)14/h3-6,8H,7H2,1-2H3. The van der Waals surface area contributed by atoms with E-state index in [-0.39, 0.29) is 11.5 Å². The summed E-state index contributed by atoms with van der Waals surface area (Å²) in [5, 5.41) is 0. The van der Waals surface area contributed by atoms with Crippen LogP contribution >= 0.6 is 0 Å². The second-order valence-corrected chi connectivity index (χ2v) is 6.06. The van der Waals surface area contributed by atoms with E-state index >= 15 is 0 Å². The van der Waals surface area contributed by atoms with Crippen molar-refractivity contribution >= 4 is 9.84 Å². The van der Waals surface area contributed by atoms with Crippen LogP contribution in [0.3, 0.4) is 0 Å². The van der Waals surface area contributed by atoms with Crippen molar-refractivity contribution in [2.75, 3.05) is 0 Å². The van der Waals surface area contributed by atoms with Crippen molar-refractivity contribution in [3.63, 3.8) is 0 Å². The first kappa shape index (κ1) is 14.0. The van der Waals surface area contributed by atoms with Crippen molar-refractivity contribution in [2.45, 2.75) is 30.7 Å². The Morgan fingerprint density at radius 2 is 1.71 bits per heavy atom. The van der Waals surface area contributed by atoms with Gasteiger partial charge in [0, 0.05) is 0 Å². The molecule has 0 fully saturated rings. The fourth-order valence-electron chi connectivity index (χ4n) is 1.50. The molecule has 0 unspecified atom stereocenters. The summed E-state index contributed by atoms with van der Waals surface area (Å²) in [5.41, 5.74) is -5.04. The van der Waals surface area contributed by atoms with Crippen LogP contribution in [0.25, 0.3) is 0 Å². The quantitative estimate of drug-likeness (QED) is 0.842. The second kappa shape index (κ2) is 4.68. The van der Waals surface area contributed by atoms with E-state index in [1.165, 1.54) is 18.2 Å². The zero-order chi connectivity index (χ0) is 13.3. The number of halogens is 3. The van der Waals surface area contributed by atoms with Crippen LogP contribution in [0.4, 0.5) is 13.2 Å². The third-order valence-corrected chi connectivity index (χ3v) is 3.78. The third kappa shape index (κ3) is 3.00. The molecule has 0 radical (unpaired) electrons. The molecule has 0 heterocycles. The summed E-state index contributed by atoms with van der Waals surface area (Å²) in [6.45, 7) is 3.63. The molecule has 6 heteroatoms. The molecular formula is C11H13F3O2S. The van der Waals surface area contributed by atoms with Crippen molar-refractivity contribution < 1.29 is 21.6 Å². The molecule has 0 spiro atoms. The molecule has 1 rings (SSSR count). The summed E-state index contributed by atoms with van der Waals surface area (Å²) < 4.78 is 60.0. The molecule has 0 aliphatic carbocycles. The largest absolute Gasteiger partial charge is 0.501 e. The fourth-order valence-corrected chi connectivity index (χ4v) is 2.50. The summed E-state index contributed by atoms with van der Waals surface area (Å²) in [4.78, 5) is -0.638.